The van der Waals surface area contributed by atoms with Gasteiger partial charge in [-0.15, -0.1) is 7.77 Å². The van der Waals surface area contributed by atoms with Gasteiger partial charge in [0, 0.05) is 0 Å². The van der Waals surface area contributed by atoms with Crippen molar-refractivity contribution >= 4 is 20.4 Å². The van der Waals surface area contributed by atoms with E-state index in [-0.39, 0.29) is 13.2 Å². The molecule has 0 rings (SSSR count). The predicted octanol–water partition coefficient (Wildman–Crippen LogP) is 2.22. The van der Waals surface area contributed by atoms with Crippen molar-refractivity contribution in [3.05, 3.63) is 24.7 Å². The number of ether oxygens (including phenoxy) is 3. The molecule has 0 fully saturated rings. The van der Waals surface area contributed by atoms with Crippen molar-refractivity contribution in [3.8, 4) is 0 Å². The Morgan fingerprint density at radius 2 is 1.16 bits per heavy atom. The highest BCUT2D eigenvalue weighted by Crippen LogP contribution is 2.04. The third-order valence-corrected chi connectivity index (χ3v) is 4.18. The number of hydrogen-bond acceptors (Lipinski definition) is 7. The van der Waals surface area contributed by atoms with E-state index in [0.29, 0.717) is 12.8 Å². The van der Waals surface area contributed by atoms with E-state index >= 15 is 0 Å². The van der Waals surface area contributed by atoms with Crippen LogP contribution in [0.3, 0.4) is 0 Å². The maximum Gasteiger partial charge on any atom is 0.304 e. The van der Waals surface area contributed by atoms with Crippen LogP contribution in [0.1, 0.15) is 26.7 Å². The lowest BCUT2D eigenvalue weighted by Crippen LogP contribution is -2.15. The molecule has 0 heterocycles. The first-order chi connectivity index (χ1) is 11.6. The van der Waals surface area contributed by atoms with Crippen LogP contribution in [0.15, 0.2) is 24.7 Å². The molecule has 0 aliphatic heterocycles. The lowest BCUT2D eigenvalue weighted by atomic mass is 10.3. The van der Waals surface area contributed by atoms with E-state index in [0.717, 1.165) is 0 Å². The summed E-state index contributed by atoms with van der Waals surface area (Å²) in [5.41, 5.74) is 0. The molecule has 7 nitrogen and oxygen atoms in total. The zero-order valence-electron chi connectivity index (χ0n) is 14.1. The second-order valence-corrected chi connectivity index (χ2v) is 7.89. The topological polar surface area (TPSA) is 96.0 Å². The number of hydrogen-bond donors (Lipinski definition) is 0. The summed E-state index contributed by atoms with van der Waals surface area (Å²) >= 11 is 0. The summed E-state index contributed by atoms with van der Waals surface area (Å²) in [7, 11) is -9.11. The Hall–Kier alpha value is -1.04. The SMILES string of the molecule is CCC(/C=C/O/C=C/C(CC)OCCS(=O)(=O)F)OCCS(=O)(=O)F. The minimum Gasteiger partial charge on any atom is -0.473 e. The number of halogens is 2. The third kappa shape index (κ3) is 16.2. The van der Waals surface area contributed by atoms with E-state index < -0.39 is 44.2 Å². The first-order valence-electron chi connectivity index (χ1n) is 7.64. The van der Waals surface area contributed by atoms with Gasteiger partial charge in [-0.3, -0.25) is 0 Å². The summed E-state index contributed by atoms with van der Waals surface area (Å²) in [6.07, 6.45) is 5.91. The van der Waals surface area contributed by atoms with E-state index in [2.05, 4.69) is 0 Å². The number of rotatable bonds is 14. The Labute approximate surface area is 148 Å². The van der Waals surface area contributed by atoms with E-state index in [4.69, 9.17) is 14.2 Å². The molecular formula is C14H24F2O7S2. The van der Waals surface area contributed by atoms with Crippen molar-refractivity contribution in [3.63, 3.8) is 0 Å². The minimum absolute atomic E-state index is 0.263. The van der Waals surface area contributed by atoms with Gasteiger partial charge in [-0.2, -0.15) is 16.8 Å². The molecule has 0 saturated carbocycles. The summed E-state index contributed by atoms with van der Waals surface area (Å²) < 4.78 is 81.5. The Morgan fingerprint density at radius 1 is 0.800 bits per heavy atom. The summed E-state index contributed by atoms with van der Waals surface area (Å²) in [5.74, 6) is -1.41. The zero-order chi connectivity index (χ0) is 19.3. The molecular weight excluding hydrogens is 382 g/mol. The van der Waals surface area contributed by atoms with Gasteiger partial charge >= 0.3 is 20.4 Å². The van der Waals surface area contributed by atoms with Crippen molar-refractivity contribution in [2.45, 2.75) is 38.9 Å². The Kier molecular flexibility index (Phi) is 11.8. The van der Waals surface area contributed by atoms with Crippen LogP contribution in [-0.2, 0) is 34.7 Å². The summed E-state index contributed by atoms with van der Waals surface area (Å²) in [6, 6.07) is 0. The maximum atomic E-state index is 12.3. The van der Waals surface area contributed by atoms with Gasteiger partial charge in [0.1, 0.15) is 11.5 Å². The third-order valence-electron chi connectivity index (χ3n) is 2.87. The first kappa shape index (κ1) is 24.0. The Morgan fingerprint density at radius 3 is 1.44 bits per heavy atom. The van der Waals surface area contributed by atoms with Gasteiger partial charge in [0.15, 0.2) is 0 Å². The quantitative estimate of drug-likeness (QED) is 0.322. The molecule has 0 amide bonds. The highest BCUT2D eigenvalue weighted by molar-refractivity contribution is 7.86. The first-order valence-corrected chi connectivity index (χ1v) is 10.7. The molecule has 2 atom stereocenters. The largest absolute Gasteiger partial charge is 0.473 e. The van der Waals surface area contributed by atoms with Crippen molar-refractivity contribution in [1.29, 1.82) is 0 Å². The molecule has 0 aliphatic carbocycles. The van der Waals surface area contributed by atoms with Gasteiger partial charge in [-0.25, -0.2) is 0 Å². The van der Waals surface area contributed by atoms with Gasteiger partial charge in [0.25, 0.3) is 0 Å². The van der Waals surface area contributed by atoms with Crippen molar-refractivity contribution in [2.75, 3.05) is 24.7 Å². The van der Waals surface area contributed by atoms with Crippen molar-refractivity contribution < 1.29 is 38.8 Å². The molecule has 0 radical (unpaired) electrons. The van der Waals surface area contributed by atoms with Crippen LogP contribution in [0.5, 0.6) is 0 Å². The standard InChI is InChI=1S/C14H24F2O7S2/c1-3-13(22-9-11-24(15,17)18)5-7-21-8-6-14(4-2)23-10-12-25(16,19)20/h5-8,13-14H,3-4,9-12H2,1-2H3/b7-5+,8-6+. The lowest BCUT2D eigenvalue weighted by Gasteiger charge is -2.11. The van der Waals surface area contributed by atoms with Crippen LogP contribution in [-0.4, -0.2) is 53.8 Å². The summed E-state index contributed by atoms with van der Waals surface area (Å²) in [6.45, 7) is 3.07. The monoisotopic (exact) mass is 406 g/mol. The van der Waals surface area contributed by atoms with Crippen LogP contribution < -0.4 is 0 Å². The average molecular weight is 406 g/mol. The zero-order valence-corrected chi connectivity index (χ0v) is 15.8. The van der Waals surface area contributed by atoms with Crippen LogP contribution >= 0.6 is 0 Å². The van der Waals surface area contributed by atoms with Crippen LogP contribution in [0.4, 0.5) is 7.77 Å². The fraction of sp³-hybridized carbons (Fsp3) is 0.714. The lowest BCUT2D eigenvalue weighted by molar-refractivity contribution is 0.0915. The molecule has 25 heavy (non-hydrogen) atoms. The molecule has 11 heteroatoms. The minimum atomic E-state index is -4.55. The smallest absolute Gasteiger partial charge is 0.304 e. The normalized spacial score (nSPS) is 15.7. The molecule has 0 bridgehead atoms. The summed E-state index contributed by atoms with van der Waals surface area (Å²) in [4.78, 5) is 0. The molecule has 0 aliphatic rings. The van der Waals surface area contributed by atoms with Crippen LogP contribution in [0.2, 0.25) is 0 Å². The van der Waals surface area contributed by atoms with Gasteiger partial charge in [0.2, 0.25) is 0 Å². The fourth-order valence-electron chi connectivity index (χ4n) is 1.53. The van der Waals surface area contributed by atoms with Gasteiger partial charge in [0.05, 0.1) is 37.9 Å². The van der Waals surface area contributed by atoms with Crippen LogP contribution in [0.25, 0.3) is 0 Å². The Balaban J connectivity index is 4.17. The molecule has 0 spiro atoms. The predicted molar refractivity (Wildman–Crippen MR) is 89.2 cm³/mol. The molecule has 0 aromatic rings. The van der Waals surface area contributed by atoms with Crippen molar-refractivity contribution in [2.24, 2.45) is 0 Å². The second kappa shape index (κ2) is 12.3. The van der Waals surface area contributed by atoms with E-state index in [1.54, 1.807) is 13.8 Å². The average Bonchev–Trinajstić information content (AvgIpc) is 2.48. The van der Waals surface area contributed by atoms with Crippen molar-refractivity contribution in [1.82, 2.24) is 0 Å². The highest BCUT2D eigenvalue weighted by Gasteiger charge is 2.10. The molecule has 0 N–H and O–H groups in total. The van der Waals surface area contributed by atoms with E-state index in [1.165, 1.54) is 24.7 Å². The van der Waals surface area contributed by atoms with Gasteiger partial charge in [-0.1, -0.05) is 13.8 Å². The van der Waals surface area contributed by atoms with Gasteiger partial charge < -0.3 is 14.2 Å². The Bertz CT molecular complexity index is 561. The second-order valence-electron chi connectivity index (χ2n) is 4.91. The van der Waals surface area contributed by atoms with E-state index in [1.807, 2.05) is 0 Å². The van der Waals surface area contributed by atoms with Crippen LogP contribution in [0, 0.1) is 0 Å². The maximum absolute atomic E-state index is 12.3. The van der Waals surface area contributed by atoms with E-state index in [9.17, 15) is 24.6 Å². The van der Waals surface area contributed by atoms with Gasteiger partial charge in [-0.05, 0) is 25.0 Å². The molecule has 0 saturated heterocycles. The fourth-order valence-corrected chi connectivity index (χ4v) is 2.12. The molecule has 148 valence electrons. The highest BCUT2D eigenvalue weighted by atomic mass is 32.3. The summed E-state index contributed by atoms with van der Waals surface area (Å²) in [5, 5.41) is 0. The molecule has 2 unspecified atom stereocenters. The molecule has 0 aromatic heterocycles. The molecule has 0 aromatic carbocycles.